The number of rotatable bonds is 1. The fourth-order valence-corrected chi connectivity index (χ4v) is 1.71. The van der Waals surface area contributed by atoms with Crippen molar-refractivity contribution in [1.82, 2.24) is 0 Å². The van der Waals surface area contributed by atoms with Crippen molar-refractivity contribution in [1.29, 1.82) is 0 Å². The molecule has 0 aliphatic carbocycles. The Morgan fingerprint density at radius 1 is 1.31 bits per heavy atom. The first-order chi connectivity index (χ1) is 6.20. The molecule has 0 saturated heterocycles. The van der Waals surface area contributed by atoms with E-state index < -0.39 is 6.10 Å². The third kappa shape index (κ3) is 1.23. The molecule has 0 aliphatic heterocycles. The summed E-state index contributed by atoms with van der Waals surface area (Å²) in [5.74, 6) is 0.802. The Labute approximate surface area is 76.8 Å². The second-order valence-corrected chi connectivity index (χ2v) is 3.24. The van der Waals surface area contributed by atoms with Crippen LogP contribution in [0, 0.1) is 6.92 Å². The first-order valence-corrected chi connectivity index (χ1v) is 4.36. The molecule has 2 rings (SSSR count). The van der Waals surface area contributed by atoms with E-state index in [0.717, 1.165) is 22.3 Å². The van der Waals surface area contributed by atoms with Gasteiger partial charge in [0.05, 0.1) is 6.10 Å². The minimum absolute atomic E-state index is 0.469. The highest BCUT2D eigenvalue weighted by molar-refractivity contribution is 5.82. The van der Waals surface area contributed by atoms with Gasteiger partial charge in [0, 0.05) is 10.9 Å². The molecule has 1 atom stereocenters. The fourth-order valence-electron chi connectivity index (χ4n) is 1.71. The summed E-state index contributed by atoms with van der Waals surface area (Å²) in [7, 11) is 0. The van der Waals surface area contributed by atoms with Crippen LogP contribution in [0.25, 0.3) is 11.0 Å². The highest BCUT2D eigenvalue weighted by Crippen LogP contribution is 2.29. The molecule has 0 fully saturated rings. The molecule has 1 unspecified atom stereocenters. The molecule has 1 heterocycles. The smallest absolute Gasteiger partial charge is 0.134 e. The van der Waals surface area contributed by atoms with Crippen molar-refractivity contribution in [3.8, 4) is 0 Å². The van der Waals surface area contributed by atoms with Gasteiger partial charge in [-0.3, -0.25) is 0 Å². The molecule has 0 amide bonds. The second-order valence-electron chi connectivity index (χ2n) is 3.24. The SMILES string of the molecule is Cc1oc2ccccc2c1C(C)O. The maximum Gasteiger partial charge on any atom is 0.134 e. The molecule has 68 valence electrons. The molecule has 0 bridgehead atoms. The summed E-state index contributed by atoms with van der Waals surface area (Å²) in [6.45, 7) is 3.63. The lowest BCUT2D eigenvalue weighted by atomic mass is 10.1. The van der Waals surface area contributed by atoms with Crippen LogP contribution < -0.4 is 0 Å². The van der Waals surface area contributed by atoms with E-state index in [4.69, 9.17) is 4.42 Å². The van der Waals surface area contributed by atoms with Crippen LogP contribution in [0.5, 0.6) is 0 Å². The van der Waals surface area contributed by atoms with Crippen LogP contribution in [-0.2, 0) is 0 Å². The third-order valence-electron chi connectivity index (χ3n) is 2.24. The standard InChI is InChI=1S/C11H12O2/c1-7(12)11-8(2)13-10-6-4-3-5-9(10)11/h3-7,12H,1-2H3. The number of hydrogen-bond donors (Lipinski definition) is 1. The second kappa shape index (κ2) is 2.89. The summed E-state index contributed by atoms with van der Waals surface area (Å²) in [6, 6.07) is 7.75. The lowest BCUT2D eigenvalue weighted by Gasteiger charge is -2.01. The molecular formula is C11H12O2. The first kappa shape index (κ1) is 8.32. The number of furan rings is 1. The molecule has 0 spiro atoms. The summed E-state index contributed by atoms with van der Waals surface area (Å²) in [4.78, 5) is 0. The number of aliphatic hydroxyl groups is 1. The molecule has 1 N–H and O–H groups in total. The molecule has 2 nitrogen and oxygen atoms in total. The zero-order valence-corrected chi connectivity index (χ0v) is 7.74. The quantitative estimate of drug-likeness (QED) is 0.724. The predicted octanol–water partition coefficient (Wildman–Crippen LogP) is 2.79. The number of para-hydroxylation sites is 1. The zero-order valence-electron chi connectivity index (χ0n) is 7.74. The van der Waals surface area contributed by atoms with Crippen molar-refractivity contribution in [3.05, 3.63) is 35.6 Å². The van der Waals surface area contributed by atoms with Crippen molar-refractivity contribution in [2.24, 2.45) is 0 Å². The van der Waals surface area contributed by atoms with Crippen LogP contribution in [0.3, 0.4) is 0 Å². The van der Waals surface area contributed by atoms with Crippen molar-refractivity contribution < 1.29 is 9.52 Å². The van der Waals surface area contributed by atoms with Crippen LogP contribution in [0.15, 0.2) is 28.7 Å². The minimum Gasteiger partial charge on any atom is -0.461 e. The first-order valence-electron chi connectivity index (χ1n) is 4.36. The van der Waals surface area contributed by atoms with E-state index in [1.165, 1.54) is 0 Å². The number of aliphatic hydroxyl groups excluding tert-OH is 1. The molecule has 1 aromatic carbocycles. The average Bonchev–Trinajstić information content (AvgIpc) is 2.39. The van der Waals surface area contributed by atoms with Crippen LogP contribution >= 0.6 is 0 Å². The van der Waals surface area contributed by atoms with Gasteiger partial charge >= 0.3 is 0 Å². The minimum atomic E-state index is -0.469. The van der Waals surface area contributed by atoms with E-state index in [-0.39, 0.29) is 0 Å². The average molecular weight is 176 g/mol. The third-order valence-corrected chi connectivity index (χ3v) is 2.24. The zero-order chi connectivity index (χ0) is 9.42. The van der Waals surface area contributed by atoms with Crippen LogP contribution in [0.2, 0.25) is 0 Å². The summed E-state index contributed by atoms with van der Waals surface area (Å²) < 4.78 is 5.50. The summed E-state index contributed by atoms with van der Waals surface area (Å²) in [6.07, 6.45) is -0.469. The monoisotopic (exact) mass is 176 g/mol. The summed E-state index contributed by atoms with van der Waals surface area (Å²) in [5, 5.41) is 10.5. The van der Waals surface area contributed by atoms with E-state index in [1.807, 2.05) is 31.2 Å². The van der Waals surface area contributed by atoms with E-state index >= 15 is 0 Å². The van der Waals surface area contributed by atoms with Crippen LogP contribution in [0.4, 0.5) is 0 Å². The fraction of sp³-hybridized carbons (Fsp3) is 0.273. The molecular weight excluding hydrogens is 164 g/mol. The van der Waals surface area contributed by atoms with Gasteiger partial charge in [-0.25, -0.2) is 0 Å². The van der Waals surface area contributed by atoms with Gasteiger partial charge in [0.25, 0.3) is 0 Å². The van der Waals surface area contributed by atoms with Gasteiger partial charge in [-0.1, -0.05) is 18.2 Å². The number of hydrogen-bond acceptors (Lipinski definition) is 2. The van der Waals surface area contributed by atoms with E-state index in [0.29, 0.717) is 0 Å². The van der Waals surface area contributed by atoms with Gasteiger partial charge in [-0.15, -0.1) is 0 Å². The van der Waals surface area contributed by atoms with Crippen molar-refractivity contribution in [2.45, 2.75) is 20.0 Å². The highest BCUT2D eigenvalue weighted by Gasteiger charge is 2.13. The largest absolute Gasteiger partial charge is 0.461 e. The van der Waals surface area contributed by atoms with E-state index in [1.54, 1.807) is 6.92 Å². The lowest BCUT2D eigenvalue weighted by Crippen LogP contribution is -1.90. The summed E-state index contributed by atoms with van der Waals surface area (Å²) >= 11 is 0. The topological polar surface area (TPSA) is 33.4 Å². The van der Waals surface area contributed by atoms with Crippen molar-refractivity contribution in [2.75, 3.05) is 0 Å². The Balaban J connectivity index is 2.78. The molecule has 0 radical (unpaired) electrons. The van der Waals surface area contributed by atoms with E-state index in [2.05, 4.69) is 0 Å². The Morgan fingerprint density at radius 3 is 2.69 bits per heavy atom. The molecule has 13 heavy (non-hydrogen) atoms. The predicted molar refractivity (Wildman–Crippen MR) is 51.6 cm³/mol. The molecule has 0 aliphatic rings. The van der Waals surface area contributed by atoms with Crippen LogP contribution in [-0.4, -0.2) is 5.11 Å². The van der Waals surface area contributed by atoms with Gasteiger partial charge in [-0.2, -0.15) is 0 Å². The van der Waals surface area contributed by atoms with Gasteiger partial charge in [-0.05, 0) is 19.9 Å². The van der Waals surface area contributed by atoms with Gasteiger partial charge in [0.15, 0.2) is 0 Å². The van der Waals surface area contributed by atoms with Gasteiger partial charge in [0.1, 0.15) is 11.3 Å². The number of aryl methyl sites for hydroxylation is 1. The molecule has 1 aromatic heterocycles. The highest BCUT2D eigenvalue weighted by atomic mass is 16.3. The molecule has 0 saturated carbocycles. The Hall–Kier alpha value is -1.28. The maximum absolute atomic E-state index is 9.53. The number of benzene rings is 1. The van der Waals surface area contributed by atoms with Crippen LogP contribution in [0.1, 0.15) is 24.4 Å². The normalized spacial score (nSPS) is 13.5. The van der Waals surface area contributed by atoms with Crippen molar-refractivity contribution in [3.63, 3.8) is 0 Å². The van der Waals surface area contributed by atoms with Crippen molar-refractivity contribution >= 4 is 11.0 Å². The maximum atomic E-state index is 9.53. The lowest BCUT2D eigenvalue weighted by molar-refractivity contribution is 0.198. The summed E-state index contributed by atoms with van der Waals surface area (Å²) in [5.41, 5.74) is 1.74. The molecule has 2 heteroatoms. The Morgan fingerprint density at radius 2 is 2.00 bits per heavy atom. The van der Waals surface area contributed by atoms with E-state index in [9.17, 15) is 5.11 Å². The Kier molecular flexibility index (Phi) is 1.85. The Bertz CT molecular complexity index is 427. The number of fused-ring (bicyclic) bond motifs is 1. The molecule has 2 aromatic rings. The van der Waals surface area contributed by atoms with Gasteiger partial charge < -0.3 is 9.52 Å². The van der Waals surface area contributed by atoms with Gasteiger partial charge in [0.2, 0.25) is 0 Å².